The number of rotatable bonds is 6. The molecule has 1 aliphatic carbocycles. The highest BCUT2D eigenvalue weighted by atomic mass is 32.2. The number of halogens is 4. The van der Waals surface area contributed by atoms with E-state index in [1.165, 1.54) is 12.1 Å². The van der Waals surface area contributed by atoms with E-state index >= 15 is 0 Å². The molecule has 0 heterocycles. The molecule has 0 aromatic heterocycles. The number of carbonyl (C=O) groups is 1. The van der Waals surface area contributed by atoms with E-state index in [1.54, 1.807) is 0 Å². The predicted molar refractivity (Wildman–Crippen MR) is 90.2 cm³/mol. The summed E-state index contributed by atoms with van der Waals surface area (Å²) in [7, 11) is -2.54. The van der Waals surface area contributed by atoms with Crippen LogP contribution in [0, 0.1) is 23.3 Å². The Hall–Kier alpha value is -2.82. The number of anilines is 2. The monoisotopic (exact) mass is 419 g/mol. The second kappa shape index (κ2) is 7.66. The van der Waals surface area contributed by atoms with Crippen molar-refractivity contribution < 1.29 is 40.2 Å². The average molecular weight is 419 g/mol. The Kier molecular flexibility index (Phi) is 5.45. The fraction of sp³-hybridized carbons (Fsp3) is 0.235. The average Bonchev–Trinajstić information content (AvgIpc) is 3.50. The molecule has 0 aliphatic heterocycles. The highest BCUT2D eigenvalue weighted by Gasteiger charge is 2.35. The van der Waals surface area contributed by atoms with Crippen LogP contribution in [-0.2, 0) is 15.6 Å². The molecule has 1 fully saturated rings. The van der Waals surface area contributed by atoms with Crippen LogP contribution in [0.1, 0.15) is 23.2 Å². The molecular weight excluding hydrogens is 406 g/mol. The summed E-state index contributed by atoms with van der Waals surface area (Å²) >= 11 is 0. The third-order valence-electron chi connectivity index (χ3n) is 3.92. The van der Waals surface area contributed by atoms with Crippen LogP contribution in [0.25, 0.3) is 0 Å². The van der Waals surface area contributed by atoms with Gasteiger partial charge in [0, 0.05) is 0 Å². The van der Waals surface area contributed by atoms with Gasteiger partial charge < -0.3 is 9.47 Å². The number of methoxy groups -OCH3 is 1. The molecule has 0 atom stereocenters. The van der Waals surface area contributed by atoms with Crippen molar-refractivity contribution in [2.75, 3.05) is 11.4 Å². The Morgan fingerprint density at radius 2 is 1.57 bits per heavy atom. The Morgan fingerprint density at radius 3 is 2.07 bits per heavy atom. The highest BCUT2D eigenvalue weighted by molar-refractivity contribution is 7.74. The Bertz CT molecular complexity index is 998. The van der Waals surface area contributed by atoms with Crippen molar-refractivity contribution in [1.29, 1.82) is 0 Å². The van der Waals surface area contributed by atoms with Crippen LogP contribution >= 0.6 is 0 Å². The van der Waals surface area contributed by atoms with Gasteiger partial charge in [-0.05, 0) is 37.1 Å². The molecule has 0 amide bonds. The van der Waals surface area contributed by atoms with Crippen LogP contribution in [0.5, 0.6) is 5.75 Å². The largest absolute Gasteiger partial charge is 0.485 e. The summed E-state index contributed by atoms with van der Waals surface area (Å²) < 4.78 is 89.7. The number of nitrogens with zero attached hydrogens (tertiary/aromatic N) is 1. The van der Waals surface area contributed by atoms with E-state index in [4.69, 9.17) is 4.74 Å². The van der Waals surface area contributed by atoms with E-state index < -0.39 is 57.7 Å². The van der Waals surface area contributed by atoms with Gasteiger partial charge in [-0.3, -0.25) is 0 Å². The van der Waals surface area contributed by atoms with Crippen LogP contribution < -0.4 is 9.04 Å². The van der Waals surface area contributed by atoms with Gasteiger partial charge in [0.2, 0.25) is 22.5 Å². The smallest absolute Gasteiger partial charge is 0.337 e. The molecule has 28 heavy (non-hydrogen) atoms. The predicted octanol–water partition coefficient (Wildman–Crippen LogP) is 3.24. The molecule has 0 radical (unpaired) electrons. The summed E-state index contributed by atoms with van der Waals surface area (Å²) in [6.07, 6.45) is 0.374. The quantitative estimate of drug-likeness (QED) is 0.256. The van der Waals surface area contributed by atoms with Gasteiger partial charge in [0.05, 0.1) is 24.5 Å². The molecule has 6 nitrogen and oxygen atoms in total. The van der Waals surface area contributed by atoms with Crippen LogP contribution in [0.2, 0.25) is 0 Å². The van der Waals surface area contributed by atoms with E-state index in [-0.39, 0.29) is 15.6 Å². The molecule has 1 aliphatic rings. The van der Waals surface area contributed by atoms with Gasteiger partial charge in [-0.2, -0.15) is 4.39 Å². The lowest BCUT2D eigenvalue weighted by Crippen LogP contribution is -2.20. The van der Waals surface area contributed by atoms with Gasteiger partial charge in [0.15, 0.2) is 17.4 Å². The number of thiol groups is 1. The number of hydrogen-bond acceptors (Lipinski definition) is 5. The second-order valence-corrected chi connectivity index (χ2v) is 6.71. The molecule has 0 saturated heterocycles. The zero-order chi connectivity index (χ0) is 20.6. The minimum atomic E-state index is -3.68. The lowest BCUT2D eigenvalue weighted by Gasteiger charge is -2.22. The van der Waals surface area contributed by atoms with Crippen LogP contribution in [0.15, 0.2) is 24.3 Å². The van der Waals surface area contributed by atoms with Gasteiger partial charge in [0.25, 0.3) is 0 Å². The van der Waals surface area contributed by atoms with Gasteiger partial charge in [-0.25, -0.2) is 30.7 Å². The number of esters is 1. The third-order valence-corrected chi connectivity index (χ3v) is 4.67. The van der Waals surface area contributed by atoms with E-state index in [0.29, 0.717) is 12.8 Å². The second-order valence-electron chi connectivity index (χ2n) is 5.84. The molecule has 11 heteroatoms. The minimum absolute atomic E-state index is 0.0544. The third kappa shape index (κ3) is 3.61. The normalized spacial score (nSPS) is 13.5. The lowest BCUT2D eigenvalue weighted by atomic mass is 10.2. The Labute approximate surface area is 158 Å². The van der Waals surface area contributed by atoms with Crippen LogP contribution in [-0.4, -0.2) is 27.6 Å². The molecular formula is C17H13F4NO5S. The fourth-order valence-electron chi connectivity index (χ4n) is 2.41. The minimum Gasteiger partial charge on any atom is -0.485 e. The molecule has 0 spiro atoms. The van der Waals surface area contributed by atoms with Crippen molar-refractivity contribution in [3.63, 3.8) is 0 Å². The number of benzene rings is 2. The first-order chi connectivity index (χ1) is 13.3. The zero-order valence-electron chi connectivity index (χ0n) is 14.2. The maximum atomic E-state index is 14.5. The van der Waals surface area contributed by atoms with E-state index in [0.717, 1.165) is 19.2 Å². The zero-order valence-corrected chi connectivity index (χ0v) is 15.1. The Morgan fingerprint density at radius 1 is 1.00 bits per heavy atom. The van der Waals surface area contributed by atoms with Gasteiger partial charge in [-0.1, -0.05) is 0 Å². The van der Waals surface area contributed by atoms with E-state index in [2.05, 4.69) is 4.74 Å². The summed E-state index contributed by atoms with van der Waals surface area (Å²) in [6, 6.07) is 4.53. The summed E-state index contributed by atoms with van der Waals surface area (Å²) in [5.74, 6) is -9.81. The van der Waals surface area contributed by atoms with E-state index in [9.17, 15) is 30.8 Å². The molecule has 2 aromatic rings. The van der Waals surface area contributed by atoms with E-state index in [1.807, 2.05) is 0 Å². The molecule has 0 unspecified atom stereocenters. The fourth-order valence-corrected chi connectivity index (χ4v) is 3.07. The summed E-state index contributed by atoms with van der Waals surface area (Å²) in [4.78, 5) is 11.5. The first-order valence-electron chi connectivity index (χ1n) is 7.91. The Balaban J connectivity index is 2.18. The summed E-state index contributed by atoms with van der Waals surface area (Å²) in [6.45, 7) is 0. The SMILES string of the molecule is COC(=O)c1ccc(N(c2c(F)c(F)c(F)c(F)c2OC2CC2)[SH](=O)=O)cc1. The summed E-state index contributed by atoms with van der Waals surface area (Å²) in [5, 5.41) is 0. The topological polar surface area (TPSA) is 72.9 Å². The van der Waals surface area contributed by atoms with Gasteiger partial charge in [0.1, 0.15) is 5.69 Å². The van der Waals surface area contributed by atoms with Crippen molar-refractivity contribution in [3.05, 3.63) is 53.1 Å². The molecule has 3 rings (SSSR count). The molecule has 150 valence electrons. The van der Waals surface area contributed by atoms with Crippen molar-refractivity contribution in [2.24, 2.45) is 0 Å². The maximum absolute atomic E-state index is 14.5. The summed E-state index contributed by atoms with van der Waals surface area (Å²) in [5.41, 5.74) is -1.32. The molecule has 1 saturated carbocycles. The van der Waals surface area contributed by atoms with Crippen LogP contribution in [0.4, 0.5) is 28.9 Å². The molecule has 0 N–H and O–H groups in total. The van der Waals surface area contributed by atoms with Gasteiger partial charge >= 0.3 is 5.97 Å². The molecule has 2 aromatic carbocycles. The first-order valence-corrected chi connectivity index (χ1v) is 9.04. The number of hydrogen-bond donors (Lipinski definition) is 1. The highest BCUT2D eigenvalue weighted by Crippen LogP contribution is 2.43. The van der Waals surface area contributed by atoms with Crippen LogP contribution in [0.3, 0.4) is 0 Å². The number of carbonyl (C=O) groups excluding carboxylic acids is 1. The van der Waals surface area contributed by atoms with Gasteiger partial charge in [-0.15, -0.1) is 0 Å². The lowest BCUT2D eigenvalue weighted by molar-refractivity contribution is 0.0600. The first kappa shape index (κ1) is 19.9. The van der Waals surface area contributed by atoms with Crippen molar-refractivity contribution in [3.8, 4) is 5.75 Å². The van der Waals surface area contributed by atoms with Crippen molar-refractivity contribution in [2.45, 2.75) is 18.9 Å². The standard InChI is InChI=1S/C17H13F4NO5S/c1-26-17(23)8-2-4-9(5-3-8)22(28(24)25)15-13(20)11(18)12(19)14(21)16(15)27-10-6-7-10/h2-5,10,28H,6-7H2,1H3. The maximum Gasteiger partial charge on any atom is 0.337 e. The van der Waals surface area contributed by atoms with Crippen molar-refractivity contribution >= 4 is 28.2 Å². The van der Waals surface area contributed by atoms with Crippen molar-refractivity contribution in [1.82, 2.24) is 0 Å². The number of ether oxygens (including phenoxy) is 2. The molecule has 0 bridgehead atoms.